The van der Waals surface area contributed by atoms with Crippen LogP contribution in [0.15, 0.2) is 18.5 Å². The van der Waals surface area contributed by atoms with Gasteiger partial charge in [-0.2, -0.15) is 5.10 Å². The quantitative estimate of drug-likeness (QED) is 0.886. The van der Waals surface area contributed by atoms with Gasteiger partial charge in [-0.1, -0.05) is 20.8 Å². The third kappa shape index (κ3) is 1.63. The molecule has 2 fully saturated rings. The van der Waals surface area contributed by atoms with E-state index in [1.54, 1.807) is 0 Å². The SMILES string of the molecule is CC1(C)C2CCC1(C)C(NCCn1cccn1)C2. The number of nitrogens with zero attached hydrogens (tertiary/aromatic N) is 2. The highest BCUT2D eigenvalue weighted by Gasteiger charge is 2.60. The van der Waals surface area contributed by atoms with Gasteiger partial charge in [-0.05, 0) is 42.1 Å². The second-order valence-corrected chi connectivity index (χ2v) is 6.89. The summed E-state index contributed by atoms with van der Waals surface area (Å²) >= 11 is 0. The van der Waals surface area contributed by atoms with Gasteiger partial charge < -0.3 is 5.32 Å². The average Bonchev–Trinajstić information content (AvgIpc) is 2.95. The van der Waals surface area contributed by atoms with Gasteiger partial charge in [0.05, 0.1) is 6.54 Å². The normalized spacial score (nSPS) is 37.3. The first-order valence-corrected chi connectivity index (χ1v) is 7.25. The molecular weight excluding hydrogens is 222 g/mol. The van der Waals surface area contributed by atoms with E-state index in [2.05, 4.69) is 31.2 Å². The predicted octanol–water partition coefficient (Wildman–Crippen LogP) is 2.69. The fourth-order valence-corrected chi connectivity index (χ4v) is 4.30. The Morgan fingerprint density at radius 3 is 2.78 bits per heavy atom. The maximum Gasteiger partial charge on any atom is 0.0534 e. The van der Waals surface area contributed by atoms with E-state index in [0.717, 1.165) is 19.0 Å². The average molecular weight is 247 g/mol. The number of fused-ring (bicyclic) bond motifs is 2. The van der Waals surface area contributed by atoms with Gasteiger partial charge in [-0.3, -0.25) is 4.68 Å². The lowest BCUT2D eigenvalue weighted by Crippen LogP contribution is -2.45. The Morgan fingerprint density at radius 2 is 2.22 bits per heavy atom. The van der Waals surface area contributed by atoms with E-state index in [9.17, 15) is 0 Å². The highest BCUT2D eigenvalue weighted by Crippen LogP contribution is 2.65. The van der Waals surface area contributed by atoms with Crippen LogP contribution in [0.3, 0.4) is 0 Å². The van der Waals surface area contributed by atoms with Crippen LogP contribution in [0.25, 0.3) is 0 Å². The van der Waals surface area contributed by atoms with Crippen molar-refractivity contribution in [3.63, 3.8) is 0 Å². The Morgan fingerprint density at radius 1 is 1.39 bits per heavy atom. The van der Waals surface area contributed by atoms with Gasteiger partial charge in [-0.15, -0.1) is 0 Å². The van der Waals surface area contributed by atoms with Crippen LogP contribution < -0.4 is 5.32 Å². The van der Waals surface area contributed by atoms with Crippen molar-refractivity contribution in [2.45, 2.75) is 52.6 Å². The molecule has 2 aliphatic rings. The molecule has 18 heavy (non-hydrogen) atoms. The lowest BCUT2D eigenvalue weighted by molar-refractivity contribution is 0.120. The van der Waals surface area contributed by atoms with Crippen molar-refractivity contribution in [2.24, 2.45) is 16.7 Å². The van der Waals surface area contributed by atoms with E-state index in [0.29, 0.717) is 16.9 Å². The summed E-state index contributed by atoms with van der Waals surface area (Å²) in [5.74, 6) is 0.921. The second kappa shape index (κ2) is 4.09. The van der Waals surface area contributed by atoms with Crippen LogP contribution in [0.5, 0.6) is 0 Å². The topological polar surface area (TPSA) is 29.9 Å². The molecule has 2 aliphatic carbocycles. The maximum atomic E-state index is 4.25. The molecule has 2 bridgehead atoms. The molecule has 3 heteroatoms. The van der Waals surface area contributed by atoms with Crippen LogP contribution in [0.4, 0.5) is 0 Å². The number of aromatic nitrogens is 2. The summed E-state index contributed by atoms with van der Waals surface area (Å²) in [4.78, 5) is 0. The smallest absolute Gasteiger partial charge is 0.0534 e. The van der Waals surface area contributed by atoms with Gasteiger partial charge >= 0.3 is 0 Å². The Hall–Kier alpha value is -0.830. The van der Waals surface area contributed by atoms with Crippen molar-refractivity contribution < 1.29 is 0 Å². The summed E-state index contributed by atoms with van der Waals surface area (Å²) in [7, 11) is 0. The van der Waals surface area contributed by atoms with Gasteiger partial charge in [-0.25, -0.2) is 0 Å². The van der Waals surface area contributed by atoms with Crippen molar-refractivity contribution in [2.75, 3.05) is 6.54 Å². The van der Waals surface area contributed by atoms with Crippen LogP contribution in [0.1, 0.15) is 40.0 Å². The lowest BCUT2D eigenvalue weighted by atomic mass is 9.69. The first kappa shape index (κ1) is 12.2. The molecule has 3 unspecified atom stereocenters. The first-order chi connectivity index (χ1) is 8.54. The van der Waals surface area contributed by atoms with E-state index in [4.69, 9.17) is 0 Å². The van der Waals surface area contributed by atoms with E-state index < -0.39 is 0 Å². The number of hydrogen-bond acceptors (Lipinski definition) is 2. The molecule has 1 aromatic heterocycles. The molecule has 0 amide bonds. The zero-order valence-corrected chi connectivity index (χ0v) is 11.8. The third-order valence-corrected chi connectivity index (χ3v) is 6.08. The number of rotatable bonds is 4. The van der Waals surface area contributed by atoms with Gasteiger partial charge in [0, 0.05) is 25.0 Å². The Bertz CT molecular complexity index is 409. The minimum absolute atomic E-state index is 0.488. The van der Waals surface area contributed by atoms with Crippen LogP contribution >= 0.6 is 0 Å². The van der Waals surface area contributed by atoms with E-state index in [1.807, 2.05) is 23.1 Å². The summed E-state index contributed by atoms with van der Waals surface area (Å²) in [5, 5.41) is 8.04. The zero-order valence-electron chi connectivity index (χ0n) is 11.8. The molecule has 0 spiro atoms. The van der Waals surface area contributed by atoms with Gasteiger partial charge in [0.25, 0.3) is 0 Å². The summed E-state index contributed by atoms with van der Waals surface area (Å²) in [6, 6.07) is 2.68. The van der Waals surface area contributed by atoms with Crippen LogP contribution in [-0.2, 0) is 6.54 Å². The monoisotopic (exact) mass is 247 g/mol. The Balaban J connectivity index is 1.59. The van der Waals surface area contributed by atoms with E-state index >= 15 is 0 Å². The zero-order chi connectivity index (χ0) is 12.8. The van der Waals surface area contributed by atoms with Crippen LogP contribution in [-0.4, -0.2) is 22.4 Å². The number of hydrogen-bond donors (Lipinski definition) is 1. The molecule has 100 valence electrons. The Labute approximate surface area is 110 Å². The molecular formula is C15H25N3. The predicted molar refractivity (Wildman–Crippen MR) is 73.2 cm³/mol. The highest BCUT2D eigenvalue weighted by atomic mass is 15.3. The van der Waals surface area contributed by atoms with E-state index in [1.165, 1.54) is 19.3 Å². The lowest BCUT2D eigenvalue weighted by Gasteiger charge is -2.39. The minimum Gasteiger partial charge on any atom is -0.312 e. The minimum atomic E-state index is 0.488. The molecule has 0 radical (unpaired) electrons. The second-order valence-electron chi connectivity index (χ2n) is 6.89. The molecule has 1 heterocycles. The van der Waals surface area contributed by atoms with E-state index in [-0.39, 0.29) is 0 Å². The fourth-order valence-electron chi connectivity index (χ4n) is 4.30. The summed E-state index contributed by atoms with van der Waals surface area (Å²) in [6.45, 7) is 9.45. The van der Waals surface area contributed by atoms with Crippen LogP contribution in [0.2, 0.25) is 0 Å². The first-order valence-electron chi connectivity index (χ1n) is 7.25. The molecule has 3 atom stereocenters. The van der Waals surface area contributed by atoms with Crippen molar-refractivity contribution in [1.82, 2.24) is 15.1 Å². The Kier molecular flexibility index (Phi) is 2.77. The number of nitrogens with one attached hydrogen (secondary N) is 1. The van der Waals surface area contributed by atoms with Gasteiger partial charge in [0.1, 0.15) is 0 Å². The largest absolute Gasteiger partial charge is 0.312 e. The molecule has 1 aromatic rings. The van der Waals surface area contributed by atoms with Gasteiger partial charge in [0.15, 0.2) is 0 Å². The summed E-state index contributed by atoms with van der Waals surface area (Å²) in [6.07, 6.45) is 8.07. The molecule has 2 saturated carbocycles. The molecule has 3 rings (SSSR count). The molecule has 3 nitrogen and oxygen atoms in total. The standard InChI is InChI=1S/C15H25N3/c1-14(2)12-5-6-15(14,3)13(11-12)16-8-10-18-9-4-7-17-18/h4,7,9,12-13,16H,5-6,8,10-11H2,1-3H3. The van der Waals surface area contributed by atoms with Crippen molar-refractivity contribution in [3.05, 3.63) is 18.5 Å². The molecule has 1 N–H and O–H groups in total. The summed E-state index contributed by atoms with van der Waals surface area (Å²) in [5.41, 5.74) is 0.998. The van der Waals surface area contributed by atoms with Crippen molar-refractivity contribution in [1.29, 1.82) is 0 Å². The highest BCUT2D eigenvalue weighted by molar-refractivity contribution is 5.12. The van der Waals surface area contributed by atoms with Crippen molar-refractivity contribution in [3.8, 4) is 0 Å². The van der Waals surface area contributed by atoms with Gasteiger partial charge in [0.2, 0.25) is 0 Å². The molecule has 0 aromatic carbocycles. The maximum absolute atomic E-state index is 4.25. The summed E-state index contributed by atoms with van der Waals surface area (Å²) < 4.78 is 2.01. The van der Waals surface area contributed by atoms with Crippen molar-refractivity contribution >= 4 is 0 Å². The molecule has 0 aliphatic heterocycles. The third-order valence-electron chi connectivity index (χ3n) is 6.08. The molecule has 0 saturated heterocycles. The fraction of sp³-hybridized carbons (Fsp3) is 0.800. The van der Waals surface area contributed by atoms with Crippen LogP contribution in [0, 0.1) is 16.7 Å².